The molecule has 0 radical (unpaired) electrons. The van der Waals surface area contributed by atoms with Crippen LogP contribution >= 0.6 is 0 Å². The molecule has 0 nitrogen and oxygen atoms in total. The van der Waals surface area contributed by atoms with Crippen molar-refractivity contribution in [3.63, 3.8) is 0 Å². The number of rotatable bonds is 2. The van der Waals surface area contributed by atoms with Crippen LogP contribution in [0.25, 0.3) is 0 Å². The maximum Gasteiger partial charge on any atom is -0.0248 e. The van der Waals surface area contributed by atoms with Crippen molar-refractivity contribution in [2.75, 3.05) is 0 Å². The predicted molar refractivity (Wildman–Crippen MR) is 61.3 cm³/mol. The summed E-state index contributed by atoms with van der Waals surface area (Å²) in [5.41, 5.74) is 1.52. The van der Waals surface area contributed by atoms with Crippen LogP contribution in [-0.2, 0) is 6.42 Å². The van der Waals surface area contributed by atoms with Crippen LogP contribution in [0.3, 0.4) is 0 Å². The molecule has 0 saturated heterocycles. The zero-order valence-electron chi connectivity index (χ0n) is 9.08. The van der Waals surface area contributed by atoms with Crippen LogP contribution in [0.15, 0.2) is 30.3 Å². The predicted octanol–water partition coefficient (Wildman–Crippen LogP) is 4.06. The first-order valence-electron chi connectivity index (χ1n) is 5.90. The van der Waals surface area contributed by atoms with E-state index < -0.39 is 0 Å². The molecular formula is C14H20. The van der Waals surface area contributed by atoms with Crippen LogP contribution < -0.4 is 0 Å². The van der Waals surface area contributed by atoms with Gasteiger partial charge < -0.3 is 0 Å². The fourth-order valence-corrected chi connectivity index (χ4v) is 2.61. The van der Waals surface area contributed by atoms with E-state index in [0.29, 0.717) is 0 Å². The van der Waals surface area contributed by atoms with Crippen LogP contribution in [0.5, 0.6) is 0 Å². The second-order valence-corrected chi connectivity index (χ2v) is 4.71. The highest BCUT2D eigenvalue weighted by atomic mass is 14.3. The number of hydrogen-bond acceptors (Lipinski definition) is 0. The van der Waals surface area contributed by atoms with Gasteiger partial charge in [-0.25, -0.2) is 0 Å². The molecule has 2 rings (SSSR count). The van der Waals surface area contributed by atoms with Crippen molar-refractivity contribution >= 4 is 0 Å². The lowest BCUT2D eigenvalue weighted by molar-refractivity contribution is 0.255. The molecule has 1 aliphatic rings. The quantitative estimate of drug-likeness (QED) is 0.656. The normalized spacial score (nSPS) is 27.5. The summed E-state index contributed by atoms with van der Waals surface area (Å²) in [4.78, 5) is 0. The molecule has 0 unspecified atom stereocenters. The minimum atomic E-state index is 0.934. The van der Waals surface area contributed by atoms with Gasteiger partial charge in [-0.2, -0.15) is 0 Å². The topological polar surface area (TPSA) is 0 Å². The number of hydrogen-bond donors (Lipinski definition) is 0. The van der Waals surface area contributed by atoms with Crippen LogP contribution in [0, 0.1) is 11.8 Å². The third-order valence-electron chi connectivity index (χ3n) is 3.63. The fraction of sp³-hybridized carbons (Fsp3) is 0.571. The summed E-state index contributed by atoms with van der Waals surface area (Å²) in [5, 5.41) is 0. The van der Waals surface area contributed by atoms with Crippen molar-refractivity contribution in [3.8, 4) is 0 Å². The van der Waals surface area contributed by atoms with Gasteiger partial charge in [0.2, 0.25) is 0 Å². The Morgan fingerprint density at radius 3 is 2.50 bits per heavy atom. The lowest BCUT2D eigenvalue weighted by Gasteiger charge is -2.28. The first-order chi connectivity index (χ1) is 6.86. The summed E-state index contributed by atoms with van der Waals surface area (Å²) in [7, 11) is 0. The molecule has 0 amide bonds. The van der Waals surface area contributed by atoms with Gasteiger partial charge in [-0.15, -0.1) is 0 Å². The lowest BCUT2D eigenvalue weighted by atomic mass is 9.77. The van der Waals surface area contributed by atoms with E-state index in [1.165, 1.54) is 37.7 Å². The summed E-state index contributed by atoms with van der Waals surface area (Å²) >= 11 is 0. The van der Waals surface area contributed by atoms with E-state index in [4.69, 9.17) is 0 Å². The molecule has 1 aromatic carbocycles. The molecule has 76 valence electrons. The van der Waals surface area contributed by atoms with Gasteiger partial charge in [-0.1, -0.05) is 56.5 Å². The largest absolute Gasteiger partial charge is 0.0622 e. The van der Waals surface area contributed by atoms with Crippen LogP contribution in [-0.4, -0.2) is 0 Å². The summed E-state index contributed by atoms with van der Waals surface area (Å²) in [5.74, 6) is 1.87. The molecule has 0 spiro atoms. The van der Waals surface area contributed by atoms with Crippen molar-refractivity contribution in [1.29, 1.82) is 0 Å². The van der Waals surface area contributed by atoms with Gasteiger partial charge in [0.05, 0.1) is 0 Å². The van der Waals surface area contributed by atoms with Gasteiger partial charge in [-0.3, -0.25) is 0 Å². The Morgan fingerprint density at radius 2 is 1.79 bits per heavy atom. The molecule has 14 heavy (non-hydrogen) atoms. The molecular weight excluding hydrogens is 168 g/mol. The van der Waals surface area contributed by atoms with Crippen molar-refractivity contribution in [3.05, 3.63) is 35.9 Å². The van der Waals surface area contributed by atoms with Gasteiger partial charge in [0.1, 0.15) is 0 Å². The standard InChI is InChI=1S/C14H20/c1-12-7-5-6-10-14(12)11-13-8-3-2-4-9-13/h2-4,8-9,12,14H,5-7,10-11H2,1H3/t12-,14+/m1/s1. The Balaban J connectivity index is 1.96. The van der Waals surface area contributed by atoms with Gasteiger partial charge in [0.25, 0.3) is 0 Å². The van der Waals surface area contributed by atoms with Crippen molar-refractivity contribution in [2.24, 2.45) is 11.8 Å². The van der Waals surface area contributed by atoms with E-state index in [1.807, 2.05) is 0 Å². The molecule has 0 heterocycles. The zero-order valence-corrected chi connectivity index (χ0v) is 9.08. The highest BCUT2D eigenvalue weighted by Crippen LogP contribution is 2.31. The van der Waals surface area contributed by atoms with E-state index >= 15 is 0 Å². The van der Waals surface area contributed by atoms with E-state index in [9.17, 15) is 0 Å². The van der Waals surface area contributed by atoms with Crippen molar-refractivity contribution in [2.45, 2.75) is 39.0 Å². The Labute approximate surface area is 87.3 Å². The Morgan fingerprint density at radius 1 is 1.07 bits per heavy atom. The van der Waals surface area contributed by atoms with E-state index in [1.54, 1.807) is 0 Å². The third-order valence-corrected chi connectivity index (χ3v) is 3.63. The van der Waals surface area contributed by atoms with Crippen LogP contribution in [0.2, 0.25) is 0 Å². The summed E-state index contributed by atoms with van der Waals surface area (Å²) < 4.78 is 0. The van der Waals surface area contributed by atoms with E-state index in [0.717, 1.165) is 11.8 Å². The Hall–Kier alpha value is -0.780. The second kappa shape index (κ2) is 4.63. The highest BCUT2D eigenvalue weighted by Gasteiger charge is 2.20. The molecule has 1 aliphatic carbocycles. The molecule has 1 aromatic rings. The minimum absolute atomic E-state index is 0.934. The fourth-order valence-electron chi connectivity index (χ4n) is 2.61. The molecule has 0 N–H and O–H groups in total. The van der Waals surface area contributed by atoms with Gasteiger partial charge in [0, 0.05) is 0 Å². The average molecular weight is 188 g/mol. The minimum Gasteiger partial charge on any atom is -0.0622 e. The van der Waals surface area contributed by atoms with Gasteiger partial charge in [0.15, 0.2) is 0 Å². The van der Waals surface area contributed by atoms with Crippen LogP contribution in [0.1, 0.15) is 38.2 Å². The molecule has 0 heteroatoms. The average Bonchev–Trinajstić information content (AvgIpc) is 2.23. The Kier molecular flexibility index (Phi) is 3.23. The molecule has 0 aliphatic heterocycles. The third kappa shape index (κ3) is 2.37. The van der Waals surface area contributed by atoms with E-state index in [2.05, 4.69) is 37.3 Å². The van der Waals surface area contributed by atoms with E-state index in [-0.39, 0.29) is 0 Å². The summed E-state index contributed by atoms with van der Waals surface area (Å²) in [6, 6.07) is 10.9. The Bertz CT molecular complexity index is 263. The van der Waals surface area contributed by atoms with Gasteiger partial charge in [-0.05, 0) is 30.2 Å². The summed E-state index contributed by atoms with van der Waals surface area (Å²) in [6.07, 6.45) is 7.07. The summed E-state index contributed by atoms with van der Waals surface area (Å²) in [6.45, 7) is 2.42. The van der Waals surface area contributed by atoms with Crippen molar-refractivity contribution < 1.29 is 0 Å². The second-order valence-electron chi connectivity index (χ2n) is 4.71. The maximum atomic E-state index is 2.42. The molecule has 0 aromatic heterocycles. The monoisotopic (exact) mass is 188 g/mol. The SMILES string of the molecule is C[C@@H]1CCCC[C@H]1Cc1ccccc1. The smallest absolute Gasteiger partial charge is 0.0248 e. The number of benzene rings is 1. The molecule has 0 bridgehead atoms. The first-order valence-corrected chi connectivity index (χ1v) is 5.90. The molecule has 1 saturated carbocycles. The molecule has 2 atom stereocenters. The molecule has 1 fully saturated rings. The van der Waals surface area contributed by atoms with Gasteiger partial charge >= 0.3 is 0 Å². The lowest BCUT2D eigenvalue weighted by Crippen LogP contribution is -2.18. The van der Waals surface area contributed by atoms with Crippen molar-refractivity contribution in [1.82, 2.24) is 0 Å². The zero-order chi connectivity index (χ0) is 9.80. The first kappa shape index (κ1) is 9.76. The maximum absolute atomic E-state index is 2.42. The highest BCUT2D eigenvalue weighted by molar-refractivity contribution is 5.15. The van der Waals surface area contributed by atoms with Crippen LogP contribution in [0.4, 0.5) is 0 Å².